The molecule has 2 heterocycles. The lowest BCUT2D eigenvalue weighted by Crippen LogP contribution is -2.65. The molecule has 8 nitrogen and oxygen atoms in total. The number of ether oxygens (including phenoxy) is 3. The van der Waals surface area contributed by atoms with Gasteiger partial charge in [0.1, 0.15) is 30.6 Å². The highest BCUT2D eigenvalue weighted by Crippen LogP contribution is 2.49. The van der Waals surface area contributed by atoms with Crippen LogP contribution in [0.5, 0.6) is 0 Å². The van der Waals surface area contributed by atoms with E-state index in [1.54, 1.807) is 18.2 Å². The first-order valence-electron chi connectivity index (χ1n) is 11.6. The molecule has 2 bridgehead atoms. The van der Waals surface area contributed by atoms with E-state index in [2.05, 4.69) is 4.99 Å². The molecular formula is C26H32ClNO7. The topological polar surface area (TPSA) is 121 Å². The Labute approximate surface area is 209 Å². The Morgan fingerprint density at radius 1 is 1.14 bits per heavy atom. The Hall–Kier alpha value is -1.88. The van der Waals surface area contributed by atoms with E-state index in [9.17, 15) is 20.4 Å². The van der Waals surface area contributed by atoms with Crippen LogP contribution in [0.3, 0.4) is 0 Å². The average molecular weight is 506 g/mol. The van der Waals surface area contributed by atoms with Gasteiger partial charge in [-0.2, -0.15) is 0 Å². The van der Waals surface area contributed by atoms with Gasteiger partial charge in [-0.05, 0) is 56.0 Å². The summed E-state index contributed by atoms with van der Waals surface area (Å²) in [6.07, 6.45) is -3.98. The molecule has 2 aromatic rings. The molecule has 5 unspecified atom stereocenters. The fourth-order valence-electron chi connectivity index (χ4n) is 4.46. The van der Waals surface area contributed by atoms with Crippen molar-refractivity contribution in [1.82, 2.24) is 0 Å². The van der Waals surface area contributed by atoms with E-state index in [-0.39, 0.29) is 12.7 Å². The van der Waals surface area contributed by atoms with Gasteiger partial charge in [-0.25, -0.2) is 0 Å². The normalized spacial score (nSPS) is 30.8. The van der Waals surface area contributed by atoms with Crippen LogP contribution < -0.4 is 0 Å². The smallest absolute Gasteiger partial charge is 0.225 e. The van der Waals surface area contributed by atoms with Gasteiger partial charge in [0, 0.05) is 16.3 Å². The van der Waals surface area contributed by atoms with E-state index in [4.69, 9.17) is 25.8 Å². The Morgan fingerprint density at radius 3 is 2.51 bits per heavy atom. The lowest BCUT2D eigenvalue weighted by Gasteiger charge is -2.46. The second-order valence-corrected chi connectivity index (χ2v) is 9.84. The molecule has 0 aromatic heterocycles. The van der Waals surface area contributed by atoms with Crippen LogP contribution in [0.1, 0.15) is 43.0 Å². The van der Waals surface area contributed by atoms with Crippen LogP contribution in [0, 0.1) is 0 Å². The minimum absolute atomic E-state index is 0.122. The number of aliphatic imine (C=N–C) groups is 1. The number of fused-ring (bicyclic) bond motifs is 2. The SMILES string of the molecule is CC(=NCOC(C)C)c1ccc(Cc2cc(C34OCC(CO)(O3)C(O)C(O)C4O)ccc2Cl)cc1. The minimum Gasteiger partial charge on any atom is -0.393 e. The summed E-state index contributed by atoms with van der Waals surface area (Å²) in [6.45, 7) is 5.43. The predicted molar refractivity (Wildman–Crippen MR) is 131 cm³/mol. The number of hydrogen-bond donors (Lipinski definition) is 4. The summed E-state index contributed by atoms with van der Waals surface area (Å²) in [5, 5.41) is 41.9. The molecule has 0 radical (unpaired) electrons. The Morgan fingerprint density at radius 2 is 1.86 bits per heavy atom. The van der Waals surface area contributed by atoms with Crippen molar-refractivity contribution in [2.24, 2.45) is 4.99 Å². The van der Waals surface area contributed by atoms with E-state index in [1.165, 1.54) is 0 Å². The van der Waals surface area contributed by atoms with Gasteiger partial charge in [0.25, 0.3) is 0 Å². The molecule has 2 saturated heterocycles. The first-order valence-corrected chi connectivity index (χ1v) is 12.0. The molecule has 190 valence electrons. The van der Waals surface area contributed by atoms with Crippen LogP contribution in [0.15, 0.2) is 47.5 Å². The Balaban J connectivity index is 1.56. The van der Waals surface area contributed by atoms with Crippen molar-refractivity contribution in [2.45, 2.75) is 63.0 Å². The van der Waals surface area contributed by atoms with Crippen molar-refractivity contribution in [2.75, 3.05) is 19.9 Å². The summed E-state index contributed by atoms with van der Waals surface area (Å²) >= 11 is 6.48. The van der Waals surface area contributed by atoms with Crippen LogP contribution in [0.4, 0.5) is 0 Å². The quantitative estimate of drug-likeness (QED) is 0.406. The highest BCUT2D eigenvalue weighted by molar-refractivity contribution is 6.31. The molecule has 0 aliphatic carbocycles. The number of rotatable bonds is 8. The van der Waals surface area contributed by atoms with Crippen molar-refractivity contribution < 1.29 is 34.6 Å². The first-order chi connectivity index (χ1) is 16.6. The zero-order valence-corrected chi connectivity index (χ0v) is 20.8. The summed E-state index contributed by atoms with van der Waals surface area (Å²) < 4.78 is 17.2. The van der Waals surface area contributed by atoms with Crippen LogP contribution >= 0.6 is 11.6 Å². The number of hydrogen-bond acceptors (Lipinski definition) is 8. The van der Waals surface area contributed by atoms with Gasteiger partial charge >= 0.3 is 0 Å². The second kappa shape index (κ2) is 10.2. The third-order valence-corrected chi connectivity index (χ3v) is 7.02. The van der Waals surface area contributed by atoms with Gasteiger partial charge in [-0.15, -0.1) is 0 Å². The lowest BCUT2D eigenvalue weighted by molar-refractivity contribution is -0.329. The van der Waals surface area contributed by atoms with E-state index >= 15 is 0 Å². The van der Waals surface area contributed by atoms with Crippen LogP contribution in [0.2, 0.25) is 5.02 Å². The number of nitrogens with zero attached hydrogens (tertiary/aromatic N) is 1. The Bertz CT molecular complexity index is 1080. The van der Waals surface area contributed by atoms with Crippen molar-refractivity contribution in [3.8, 4) is 0 Å². The van der Waals surface area contributed by atoms with E-state index in [0.717, 1.165) is 22.4 Å². The van der Waals surface area contributed by atoms with E-state index in [0.29, 0.717) is 23.7 Å². The number of benzene rings is 2. The number of halogens is 1. The van der Waals surface area contributed by atoms with Gasteiger partial charge in [-0.1, -0.05) is 41.9 Å². The molecule has 4 N–H and O–H groups in total. The summed E-state index contributed by atoms with van der Waals surface area (Å²) in [4.78, 5) is 4.44. The standard InChI is InChI=1S/C26H32ClNO7/c1-15(2)33-14-28-16(3)18-6-4-17(5-7-18)10-19-11-20(8-9-21(19)27)26-24(32)22(30)23(31)25(12-29,35-26)13-34-26/h4-9,11,15,22-24,29-32H,10,12-14H2,1-3H3. The van der Waals surface area contributed by atoms with Gasteiger partial charge in [0.15, 0.2) is 0 Å². The van der Waals surface area contributed by atoms with Gasteiger partial charge < -0.3 is 34.6 Å². The van der Waals surface area contributed by atoms with Crippen molar-refractivity contribution in [3.63, 3.8) is 0 Å². The molecule has 2 aromatic carbocycles. The highest BCUT2D eigenvalue weighted by Gasteiger charge is 2.67. The van der Waals surface area contributed by atoms with Crippen molar-refractivity contribution in [3.05, 3.63) is 69.7 Å². The lowest BCUT2D eigenvalue weighted by atomic mass is 9.83. The van der Waals surface area contributed by atoms with Gasteiger partial charge in [-0.3, -0.25) is 4.99 Å². The van der Waals surface area contributed by atoms with E-state index < -0.39 is 36.3 Å². The average Bonchev–Trinajstić information content (AvgIpc) is 3.23. The largest absolute Gasteiger partial charge is 0.393 e. The van der Waals surface area contributed by atoms with Crippen molar-refractivity contribution >= 4 is 17.3 Å². The van der Waals surface area contributed by atoms with Crippen molar-refractivity contribution in [1.29, 1.82) is 0 Å². The molecule has 2 aliphatic heterocycles. The maximum atomic E-state index is 10.8. The molecule has 0 saturated carbocycles. The molecule has 35 heavy (non-hydrogen) atoms. The third-order valence-electron chi connectivity index (χ3n) is 6.65. The third kappa shape index (κ3) is 4.90. The maximum absolute atomic E-state index is 10.8. The van der Waals surface area contributed by atoms with Crippen LogP contribution in [-0.4, -0.2) is 76.1 Å². The van der Waals surface area contributed by atoms with Gasteiger partial charge in [0.2, 0.25) is 5.79 Å². The first kappa shape index (κ1) is 26.2. The van der Waals surface area contributed by atoms with Crippen LogP contribution in [0.25, 0.3) is 0 Å². The molecule has 4 rings (SSSR count). The molecule has 0 spiro atoms. The number of aliphatic hydroxyl groups is 4. The Kier molecular flexibility index (Phi) is 7.66. The molecule has 2 fully saturated rings. The summed E-state index contributed by atoms with van der Waals surface area (Å²) in [5.41, 5.74) is 2.57. The molecule has 5 atom stereocenters. The summed E-state index contributed by atoms with van der Waals surface area (Å²) in [7, 11) is 0. The predicted octanol–water partition coefficient (Wildman–Crippen LogP) is 2.15. The fraction of sp³-hybridized carbons (Fsp3) is 0.500. The number of aliphatic hydroxyl groups excluding tert-OH is 4. The maximum Gasteiger partial charge on any atom is 0.225 e. The molecule has 0 amide bonds. The zero-order valence-electron chi connectivity index (χ0n) is 20.0. The summed E-state index contributed by atoms with van der Waals surface area (Å²) in [5.74, 6) is -1.73. The van der Waals surface area contributed by atoms with Gasteiger partial charge in [0.05, 0.1) is 19.3 Å². The summed E-state index contributed by atoms with van der Waals surface area (Å²) in [6, 6.07) is 13.0. The zero-order chi connectivity index (χ0) is 25.4. The minimum atomic E-state index is -1.73. The molecule has 2 aliphatic rings. The monoisotopic (exact) mass is 505 g/mol. The fourth-order valence-corrected chi connectivity index (χ4v) is 4.64. The van der Waals surface area contributed by atoms with Crippen LogP contribution in [-0.2, 0) is 26.4 Å². The van der Waals surface area contributed by atoms with E-state index in [1.807, 2.05) is 45.0 Å². The molecular weight excluding hydrogens is 474 g/mol. The highest BCUT2D eigenvalue weighted by atomic mass is 35.5. The second-order valence-electron chi connectivity index (χ2n) is 9.43. The molecule has 9 heteroatoms.